The molecule has 3 rings (SSSR count). The van der Waals surface area contributed by atoms with Gasteiger partial charge in [0, 0.05) is 11.6 Å². The van der Waals surface area contributed by atoms with Gasteiger partial charge in [0.1, 0.15) is 11.4 Å². The van der Waals surface area contributed by atoms with E-state index in [-0.39, 0.29) is 5.91 Å². The van der Waals surface area contributed by atoms with E-state index in [1.807, 2.05) is 24.3 Å². The van der Waals surface area contributed by atoms with Crippen molar-refractivity contribution in [1.82, 2.24) is 20.2 Å². The minimum absolute atomic E-state index is 0.300. The lowest BCUT2D eigenvalue weighted by Gasteiger charge is -2.05. The van der Waals surface area contributed by atoms with Gasteiger partial charge >= 0.3 is 0 Å². The summed E-state index contributed by atoms with van der Waals surface area (Å²) in [6.07, 6.45) is 2.89. The summed E-state index contributed by atoms with van der Waals surface area (Å²) in [5.41, 5.74) is 2.00. The second kappa shape index (κ2) is 5.49. The van der Waals surface area contributed by atoms with E-state index in [1.165, 1.54) is 12.5 Å². The summed E-state index contributed by atoms with van der Waals surface area (Å²) in [6.45, 7) is 0. The van der Waals surface area contributed by atoms with Gasteiger partial charge in [0.25, 0.3) is 5.91 Å². The number of rotatable bonds is 4. The van der Waals surface area contributed by atoms with Gasteiger partial charge < -0.3 is 15.0 Å². The summed E-state index contributed by atoms with van der Waals surface area (Å²) in [6, 6.07) is 9.30. The predicted molar refractivity (Wildman–Crippen MR) is 77.1 cm³/mol. The highest BCUT2D eigenvalue weighted by atomic mass is 16.5. The van der Waals surface area contributed by atoms with Crippen LogP contribution in [0.15, 0.2) is 42.9 Å². The molecule has 21 heavy (non-hydrogen) atoms. The van der Waals surface area contributed by atoms with Crippen molar-refractivity contribution in [2.24, 2.45) is 0 Å². The van der Waals surface area contributed by atoms with Gasteiger partial charge in [-0.1, -0.05) is 12.1 Å². The van der Waals surface area contributed by atoms with Crippen molar-refractivity contribution in [3.8, 4) is 17.0 Å². The van der Waals surface area contributed by atoms with Crippen molar-refractivity contribution in [2.45, 2.75) is 0 Å². The Hall–Kier alpha value is -3.09. The van der Waals surface area contributed by atoms with E-state index < -0.39 is 0 Å². The summed E-state index contributed by atoms with van der Waals surface area (Å²) < 4.78 is 5.30. The molecule has 0 saturated heterocycles. The maximum Gasteiger partial charge on any atom is 0.274 e. The summed E-state index contributed by atoms with van der Waals surface area (Å²) in [5.74, 6) is 0.855. The van der Waals surface area contributed by atoms with Crippen LogP contribution in [0.1, 0.15) is 10.5 Å². The van der Waals surface area contributed by atoms with Crippen molar-refractivity contribution in [3.63, 3.8) is 0 Å². The van der Waals surface area contributed by atoms with Crippen molar-refractivity contribution < 1.29 is 9.53 Å². The molecule has 0 aliphatic carbocycles. The molecule has 0 fully saturated rings. The molecule has 0 aliphatic heterocycles. The third kappa shape index (κ3) is 2.62. The Kier molecular flexibility index (Phi) is 3.38. The number of para-hydroxylation sites is 1. The number of nitrogens with zero attached hydrogens (tertiary/aromatic N) is 2. The third-order valence-corrected chi connectivity index (χ3v) is 2.96. The SMILES string of the molecule is COc1ccccc1-c1cc(NC(=O)c2cnc[nH]2)n[nH]1. The number of hydrogen-bond acceptors (Lipinski definition) is 4. The summed E-state index contributed by atoms with van der Waals surface area (Å²) in [4.78, 5) is 18.4. The molecule has 0 unspecified atom stereocenters. The predicted octanol–water partition coefficient (Wildman–Crippen LogP) is 2.06. The highest BCUT2D eigenvalue weighted by molar-refractivity contribution is 6.02. The van der Waals surface area contributed by atoms with Gasteiger partial charge in [-0.15, -0.1) is 0 Å². The van der Waals surface area contributed by atoms with Crippen molar-refractivity contribution >= 4 is 11.7 Å². The Morgan fingerprint density at radius 3 is 2.95 bits per heavy atom. The minimum Gasteiger partial charge on any atom is -0.496 e. The molecule has 1 aromatic carbocycles. The maximum absolute atomic E-state index is 11.9. The van der Waals surface area contributed by atoms with Crippen LogP contribution in [0.4, 0.5) is 5.82 Å². The molecule has 2 aromatic heterocycles. The number of nitrogens with one attached hydrogen (secondary N) is 3. The number of aromatic amines is 2. The zero-order chi connectivity index (χ0) is 14.7. The van der Waals surface area contributed by atoms with Crippen LogP contribution in [0, 0.1) is 0 Å². The summed E-state index contributed by atoms with van der Waals surface area (Å²) >= 11 is 0. The fraction of sp³-hybridized carbons (Fsp3) is 0.0714. The molecule has 3 aromatic rings. The van der Waals surface area contributed by atoms with Crippen LogP contribution < -0.4 is 10.1 Å². The number of carbonyl (C=O) groups excluding carboxylic acids is 1. The van der Waals surface area contributed by atoms with Gasteiger partial charge in [-0.05, 0) is 12.1 Å². The Balaban J connectivity index is 1.82. The molecule has 106 valence electrons. The number of hydrogen-bond donors (Lipinski definition) is 3. The van der Waals surface area contributed by atoms with Crippen LogP contribution in [0.25, 0.3) is 11.3 Å². The van der Waals surface area contributed by atoms with Gasteiger partial charge in [-0.25, -0.2) is 4.98 Å². The Morgan fingerprint density at radius 2 is 2.19 bits per heavy atom. The highest BCUT2D eigenvalue weighted by Crippen LogP contribution is 2.29. The van der Waals surface area contributed by atoms with Crippen LogP contribution in [0.5, 0.6) is 5.75 Å². The normalized spacial score (nSPS) is 10.3. The molecule has 7 nitrogen and oxygen atoms in total. The molecular formula is C14H13N5O2. The zero-order valence-electron chi connectivity index (χ0n) is 11.3. The molecule has 7 heteroatoms. The van der Waals surface area contributed by atoms with E-state index in [2.05, 4.69) is 25.5 Å². The fourth-order valence-electron chi connectivity index (χ4n) is 1.95. The standard InChI is InChI=1S/C14H13N5O2/c1-21-12-5-3-2-4-9(12)10-6-13(19-18-10)17-14(20)11-7-15-8-16-11/h2-8H,1H3,(H,15,16)(H2,17,18,19,20). The van der Waals surface area contributed by atoms with Crippen molar-refractivity contribution in [1.29, 1.82) is 0 Å². The second-order valence-corrected chi connectivity index (χ2v) is 4.29. The van der Waals surface area contributed by atoms with Crippen molar-refractivity contribution in [2.75, 3.05) is 12.4 Å². The minimum atomic E-state index is -0.300. The molecular weight excluding hydrogens is 270 g/mol. The number of amides is 1. The Labute approximate surface area is 120 Å². The lowest BCUT2D eigenvalue weighted by atomic mass is 10.1. The number of ether oxygens (including phenoxy) is 1. The highest BCUT2D eigenvalue weighted by Gasteiger charge is 2.12. The number of methoxy groups -OCH3 is 1. The van der Waals surface area contributed by atoms with Gasteiger partial charge in [0.05, 0.1) is 25.3 Å². The zero-order valence-corrected chi connectivity index (χ0v) is 11.3. The van der Waals surface area contributed by atoms with E-state index in [0.29, 0.717) is 11.5 Å². The summed E-state index contributed by atoms with van der Waals surface area (Å²) in [7, 11) is 1.61. The van der Waals surface area contributed by atoms with E-state index in [0.717, 1.165) is 17.0 Å². The van der Waals surface area contributed by atoms with Gasteiger partial charge in [-0.2, -0.15) is 5.10 Å². The van der Waals surface area contributed by atoms with Crippen LogP contribution >= 0.6 is 0 Å². The Bertz CT molecular complexity index is 748. The van der Waals surface area contributed by atoms with Crippen LogP contribution in [0.3, 0.4) is 0 Å². The van der Waals surface area contributed by atoms with E-state index in [4.69, 9.17) is 4.74 Å². The van der Waals surface area contributed by atoms with Crippen LogP contribution in [0.2, 0.25) is 0 Å². The maximum atomic E-state index is 11.9. The van der Waals surface area contributed by atoms with E-state index in [1.54, 1.807) is 13.2 Å². The fourth-order valence-corrected chi connectivity index (χ4v) is 1.95. The number of aromatic nitrogens is 4. The number of benzene rings is 1. The molecule has 0 spiro atoms. The lowest BCUT2D eigenvalue weighted by molar-refractivity contribution is 0.102. The van der Waals surface area contributed by atoms with Gasteiger partial charge in [0.15, 0.2) is 5.82 Å². The van der Waals surface area contributed by atoms with E-state index in [9.17, 15) is 4.79 Å². The number of carbonyl (C=O) groups is 1. The molecule has 0 radical (unpaired) electrons. The monoisotopic (exact) mass is 283 g/mol. The molecule has 3 N–H and O–H groups in total. The van der Waals surface area contributed by atoms with E-state index >= 15 is 0 Å². The van der Waals surface area contributed by atoms with Gasteiger partial charge in [-0.3, -0.25) is 9.89 Å². The second-order valence-electron chi connectivity index (χ2n) is 4.29. The first-order valence-electron chi connectivity index (χ1n) is 6.26. The van der Waals surface area contributed by atoms with Crippen LogP contribution in [-0.4, -0.2) is 33.2 Å². The Morgan fingerprint density at radius 1 is 1.33 bits per heavy atom. The molecule has 2 heterocycles. The first-order valence-corrected chi connectivity index (χ1v) is 6.26. The number of H-pyrrole nitrogens is 2. The lowest BCUT2D eigenvalue weighted by Crippen LogP contribution is -2.12. The first-order chi connectivity index (χ1) is 10.3. The average Bonchev–Trinajstić information content (AvgIpc) is 3.18. The van der Waals surface area contributed by atoms with Gasteiger partial charge in [0.2, 0.25) is 0 Å². The topological polar surface area (TPSA) is 95.7 Å². The molecule has 0 saturated carbocycles. The molecule has 0 aliphatic rings. The third-order valence-electron chi connectivity index (χ3n) is 2.96. The molecule has 0 atom stereocenters. The largest absolute Gasteiger partial charge is 0.496 e. The average molecular weight is 283 g/mol. The smallest absolute Gasteiger partial charge is 0.274 e. The number of anilines is 1. The quantitative estimate of drug-likeness (QED) is 0.683. The van der Waals surface area contributed by atoms with Crippen LogP contribution in [-0.2, 0) is 0 Å². The summed E-state index contributed by atoms with van der Waals surface area (Å²) in [5, 5.41) is 9.63. The number of imidazole rings is 1. The first kappa shape index (κ1) is 12.9. The molecule has 0 bridgehead atoms. The van der Waals surface area contributed by atoms with Crippen molar-refractivity contribution in [3.05, 3.63) is 48.5 Å². The molecule has 1 amide bonds.